The molecule has 1 aliphatic rings. The summed E-state index contributed by atoms with van der Waals surface area (Å²) >= 11 is 0. The predicted octanol–water partition coefficient (Wildman–Crippen LogP) is 5.83. The van der Waals surface area contributed by atoms with Crippen molar-refractivity contribution in [2.24, 2.45) is 0 Å². The van der Waals surface area contributed by atoms with E-state index >= 15 is 0 Å². The molecule has 1 amide bonds. The number of anilines is 2. The van der Waals surface area contributed by atoms with E-state index in [1.165, 1.54) is 20.3 Å². The molecule has 1 aromatic heterocycles. The molecule has 0 fully saturated rings. The maximum atomic E-state index is 13.9. The SMILES string of the molecule is COc1ccc(C2CC(C(F)(F)F)n3nc(C(=O)Nc4cccc(C(F)(F)F)c4)cc3N2)cc1OC. The molecule has 192 valence electrons. The Hall–Kier alpha value is -3.90. The molecule has 4 rings (SSSR count). The van der Waals surface area contributed by atoms with Crippen LogP contribution in [0.3, 0.4) is 0 Å². The Morgan fingerprint density at radius 3 is 2.39 bits per heavy atom. The summed E-state index contributed by atoms with van der Waals surface area (Å²) in [6.45, 7) is 0. The van der Waals surface area contributed by atoms with Gasteiger partial charge in [0.2, 0.25) is 0 Å². The van der Waals surface area contributed by atoms with Crippen LogP contribution < -0.4 is 20.1 Å². The van der Waals surface area contributed by atoms with Crippen LogP contribution in [-0.4, -0.2) is 36.1 Å². The van der Waals surface area contributed by atoms with E-state index < -0.39 is 48.0 Å². The molecule has 2 atom stereocenters. The van der Waals surface area contributed by atoms with E-state index in [2.05, 4.69) is 15.7 Å². The van der Waals surface area contributed by atoms with E-state index in [-0.39, 0.29) is 11.5 Å². The maximum Gasteiger partial charge on any atom is 0.416 e. The number of aromatic nitrogens is 2. The van der Waals surface area contributed by atoms with Gasteiger partial charge in [-0.05, 0) is 35.9 Å². The summed E-state index contributed by atoms with van der Waals surface area (Å²) < 4.78 is 91.7. The number of hydrogen-bond acceptors (Lipinski definition) is 5. The number of fused-ring (bicyclic) bond motifs is 1. The fourth-order valence-corrected chi connectivity index (χ4v) is 3.94. The molecule has 7 nitrogen and oxygen atoms in total. The highest BCUT2D eigenvalue weighted by Gasteiger charge is 2.47. The van der Waals surface area contributed by atoms with Crippen molar-refractivity contribution in [1.29, 1.82) is 0 Å². The monoisotopic (exact) mass is 514 g/mol. The standard InChI is InChI=1S/C23H20F6N4O3/c1-35-17-7-6-12(8-18(17)36-2)15-10-19(23(27,28)29)33-20(31-15)11-16(32-33)21(34)30-14-5-3-4-13(9-14)22(24,25)26/h3-9,11,15,19,31H,10H2,1-2H3,(H,30,34). The molecule has 2 N–H and O–H groups in total. The molecule has 13 heteroatoms. The normalized spacial score (nSPS) is 17.7. The first-order valence-electron chi connectivity index (χ1n) is 10.5. The highest BCUT2D eigenvalue weighted by molar-refractivity contribution is 6.03. The number of methoxy groups -OCH3 is 2. The lowest BCUT2D eigenvalue weighted by atomic mass is 9.96. The number of ether oxygens (including phenoxy) is 2. The summed E-state index contributed by atoms with van der Waals surface area (Å²) in [5.41, 5.74) is -1.06. The van der Waals surface area contributed by atoms with E-state index in [0.717, 1.165) is 24.3 Å². The minimum absolute atomic E-state index is 0.0717. The maximum absolute atomic E-state index is 13.9. The minimum atomic E-state index is -4.69. The van der Waals surface area contributed by atoms with Crippen molar-refractivity contribution in [2.75, 3.05) is 24.9 Å². The highest BCUT2D eigenvalue weighted by atomic mass is 19.4. The Morgan fingerprint density at radius 2 is 1.75 bits per heavy atom. The van der Waals surface area contributed by atoms with Gasteiger partial charge in [0.05, 0.1) is 25.8 Å². The lowest BCUT2D eigenvalue weighted by Gasteiger charge is -2.33. The fraction of sp³-hybridized carbons (Fsp3) is 0.304. The van der Waals surface area contributed by atoms with E-state index in [1.807, 2.05) is 0 Å². The Kier molecular flexibility index (Phi) is 6.50. The summed E-state index contributed by atoms with van der Waals surface area (Å²) in [5.74, 6) is -0.289. The third-order valence-electron chi connectivity index (χ3n) is 5.68. The van der Waals surface area contributed by atoms with Gasteiger partial charge in [0.25, 0.3) is 5.91 Å². The lowest BCUT2D eigenvalue weighted by Crippen LogP contribution is -2.35. The van der Waals surface area contributed by atoms with Crippen LogP contribution in [0.2, 0.25) is 0 Å². The largest absolute Gasteiger partial charge is 0.493 e. The smallest absolute Gasteiger partial charge is 0.416 e. The molecule has 0 aliphatic carbocycles. The molecular formula is C23H20F6N4O3. The molecule has 0 saturated carbocycles. The Labute approximate surface area is 201 Å². The molecule has 0 spiro atoms. The molecule has 3 aromatic rings. The van der Waals surface area contributed by atoms with Gasteiger partial charge in [-0.1, -0.05) is 12.1 Å². The number of alkyl halides is 6. The van der Waals surface area contributed by atoms with Crippen molar-refractivity contribution in [2.45, 2.75) is 30.9 Å². The van der Waals surface area contributed by atoms with Crippen LogP contribution in [0.4, 0.5) is 37.8 Å². The third kappa shape index (κ3) is 5.04. The van der Waals surface area contributed by atoms with Crippen molar-refractivity contribution >= 4 is 17.4 Å². The van der Waals surface area contributed by atoms with Gasteiger partial charge in [-0.15, -0.1) is 0 Å². The van der Waals surface area contributed by atoms with Crippen molar-refractivity contribution in [3.8, 4) is 11.5 Å². The topological polar surface area (TPSA) is 77.4 Å². The molecule has 2 aromatic carbocycles. The summed E-state index contributed by atoms with van der Waals surface area (Å²) in [6.07, 6.45) is -9.74. The number of nitrogens with zero attached hydrogens (tertiary/aromatic N) is 2. The number of amides is 1. The average Bonchev–Trinajstić information content (AvgIpc) is 3.26. The first-order valence-corrected chi connectivity index (χ1v) is 10.5. The number of carbonyl (C=O) groups excluding carboxylic acids is 1. The summed E-state index contributed by atoms with van der Waals surface area (Å²) in [6, 6.07) is 6.86. The second kappa shape index (κ2) is 9.28. The van der Waals surface area contributed by atoms with Gasteiger partial charge in [-0.3, -0.25) is 4.79 Å². The predicted molar refractivity (Wildman–Crippen MR) is 117 cm³/mol. The number of nitrogens with one attached hydrogen (secondary N) is 2. The first kappa shape index (κ1) is 25.2. The van der Waals surface area contributed by atoms with Crippen LogP contribution in [0.1, 0.15) is 40.1 Å². The van der Waals surface area contributed by atoms with Gasteiger partial charge in [-0.25, -0.2) is 4.68 Å². The van der Waals surface area contributed by atoms with Gasteiger partial charge in [0.1, 0.15) is 5.82 Å². The molecule has 0 radical (unpaired) electrons. The second-order valence-corrected chi connectivity index (χ2v) is 8.00. The van der Waals surface area contributed by atoms with E-state index in [0.29, 0.717) is 21.7 Å². The van der Waals surface area contributed by atoms with Crippen LogP contribution in [0.25, 0.3) is 0 Å². The Bertz CT molecular complexity index is 1270. The highest BCUT2D eigenvalue weighted by Crippen LogP contribution is 2.44. The van der Waals surface area contributed by atoms with Crippen molar-refractivity contribution < 1.29 is 40.6 Å². The number of halogens is 6. The van der Waals surface area contributed by atoms with Crippen molar-refractivity contribution in [3.05, 3.63) is 65.4 Å². The van der Waals surface area contributed by atoms with Crippen LogP contribution in [0.15, 0.2) is 48.5 Å². The van der Waals surface area contributed by atoms with Crippen molar-refractivity contribution in [1.82, 2.24) is 9.78 Å². The molecule has 0 bridgehead atoms. The molecular weight excluding hydrogens is 494 g/mol. The third-order valence-corrected chi connectivity index (χ3v) is 5.68. The molecule has 1 aliphatic heterocycles. The van der Waals surface area contributed by atoms with Gasteiger partial charge in [-0.2, -0.15) is 31.4 Å². The van der Waals surface area contributed by atoms with Crippen molar-refractivity contribution in [3.63, 3.8) is 0 Å². The molecule has 0 saturated heterocycles. The summed E-state index contributed by atoms with van der Waals surface area (Å²) in [5, 5.41) is 9.01. The average molecular weight is 514 g/mol. The quantitative estimate of drug-likeness (QED) is 0.419. The van der Waals surface area contributed by atoms with E-state index in [4.69, 9.17) is 9.47 Å². The van der Waals surface area contributed by atoms with Gasteiger partial charge in [0.15, 0.2) is 23.2 Å². The Morgan fingerprint density at radius 1 is 1.03 bits per heavy atom. The number of carbonyl (C=O) groups is 1. The zero-order valence-electron chi connectivity index (χ0n) is 18.9. The van der Waals surface area contributed by atoms with Crippen LogP contribution in [0.5, 0.6) is 11.5 Å². The Balaban J connectivity index is 1.63. The van der Waals surface area contributed by atoms with Gasteiger partial charge in [0, 0.05) is 18.2 Å². The zero-order chi connectivity index (χ0) is 26.3. The second-order valence-electron chi connectivity index (χ2n) is 8.00. The number of hydrogen-bond donors (Lipinski definition) is 2. The van der Waals surface area contributed by atoms with Gasteiger partial charge >= 0.3 is 12.4 Å². The summed E-state index contributed by atoms with van der Waals surface area (Å²) in [7, 11) is 2.83. The van der Waals surface area contributed by atoms with Gasteiger partial charge < -0.3 is 20.1 Å². The minimum Gasteiger partial charge on any atom is -0.493 e. The zero-order valence-corrected chi connectivity index (χ0v) is 18.9. The summed E-state index contributed by atoms with van der Waals surface area (Å²) in [4.78, 5) is 12.6. The molecule has 2 unspecified atom stereocenters. The first-order chi connectivity index (χ1) is 16.9. The van der Waals surface area contributed by atoms with E-state index in [1.54, 1.807) is 18.2 Å². The van der Waals surface area contributed by atoms with Crippen LogP contribution in [0, 0.1) is 0 Å². The number of rotatable bonds is 5. The number of benzene rings is 2. The lowest BCUT2D eigenvalue weighted by molar-refractivity contribution is -0.173. The molecule has 36 heavy (non-hydrogen) atoms. The van der Waals surface area contributed by atoms with E-state index in [9.17, 15) is 31.1 Å². The van der Waals surface area contributed by atoms with Crippen LogP contribution in [-0.2, 0) is 6.18 Å². The van der Waals surface area contributed by atoms with Crippen LogP contribution >= 0.6 is 0 Å². The fourth-order valence-electron chi connectivity index (χ4n) is 3.94. The molecule has 2 heterocycles.